The third-order valence-corrected chi connectivity index (χ3v) is 4.24. The van der Waals surface area contributed by atoms with Crippen molar-refractivity contribution in [3.05, 3.63) is 52.5 Å². The van der Waals surface area contributed by atoms with Gasteiger partial charge in [-0.1, -0.05) is 18.5 Å². The molecule has 0 aromatic carbocycles. The molecular weight excluding hydrogens is 326 g/mol. The van der Waals surface area contributed by atoms with Gasteiger partial charge in [0.2, 0.25) is 0 Å². The first-order valence-corrected chi connectivity index (χ1v) is 8.24. The van der Waals surface area contributed by atoms with Gasteiger partial charge in [0.15, 0.2) is 0 Å². The minimum Gasteiger partial charge on any atom is -0.350 e. The van der Waals surface area contributed by atoms with E-state index >= 15 is 0 Å². The van der Waals surface area contributed by atoms with E-state index in [0.717, 1.165) is 17.0 Å². The molecule has 7 heteroatoms. The number of halogens is 1. The summed E-state index contributed by atoms with van der Waals surface area (Å²) < 4.78 is 1.76. The lowest BCUT2D eigenvalue weighted by molar-refractivity contribution is -0.117. The van der Waals surface area contributed by atoms with Gasteiger partial charge < -0.3 is 10.6 Å². The van der Waals surface area contributed by atoms with Gasteiger partial charge in [-0.25, -0.2) is 0 Å². The highest BCUT2D eigenvalue weighted by Gasteiger charge is 2.20. The lowest BCUT2D eigenvalue weighted by Crippen LogP contribution is -2.38. The maximum Gasteiger partial charge on any atom is 0.267 e. The third-order valence-electron chi connectivity index (χ3n) is 3.98. The second-order valence-electron chi connectivity index (χ2n) is 6.01. The van der Waals surface area contributed by atoms with Crippen molar-refractivity contribution in [3.63, 3.8) is 0 Å². The zero-order chi connectivity index (χ0) is 17.1. The minimum absolute atomic E-state index is 0.148. The molecular formula is C17H20ClN5O. The number of amidine groups is 1. The number of nitrogens with one attached hydrogen (secondary N) is 2. The van der Waals surface area contributed by atoms with E-state index in [-0.39, 0.29) is 11.8 Å². The van der Waals surface area contributed by atoms with E-state index in [1.807, 2.05) is 37.7 Å². The number of amides is 1. The van der Waals surface area contributed by atoms with Crippen molar-refractivity contribution >= 4 is 23.3 Å². The zero-order valence-corrected chi connectivity index (χ0v) is 14.5. The maximum absolute atomic E-state index is 12.5. The summed E-state index contributed by atoms with van der Waals surface area (Å²) in [5.41, 5.74) is 2.56. The Morgan fingerprint density at radius 3 is 3.08 bits per heavy atom. The number of rotatable bonds is 4. The number of hydrogen-bond acceptors (Lipinski definition) is 4. The number of aliphatic imine (C=N–C) groups is 1. The molecule has 2 aliphatic rings. The number of aromatic nitrogens is 2. The molecule has 6 nitrogen and oxygen atoms in total. The number of fused-ring (bicyclic) bond motifs is 2. The number of aryl methyl sites for hydroxylation is 1. The highest BCUT2D eigenvalue weighted by atomic mass is 35.5. The van der Waals surface area contributed by atoms with Crippen LogP contribution in [0.2, 0.25) is 0 Å². The largest absolute Gasteiger partial charge is 0.350 e. The van der Waals surface area contributed by atoms with E-state index < -0.39 is 0 Å². The molecule has 0 saturated carbocycles. The fraction of sp³-hybridized carbons (Fsp3) is 0.353. The molecule has 2 bridgehead atoms. The first-order valence-electron chi connectivity index (χ1n) is 7.86. The molecule has 1 aromatic heterocycles. The quantitative estimate of drug-likeness (QED) is 0.876. The Morgan fingerprint density at radius 2 is 2.33 bits per heavy atom. The summed E-state index contributed by atoms with van der Waals surface area (Å²) in [6, 6.07) is 0. The second kappa shape index (κ2) is 7.05. The Kier molecular flexibility index (Phi) is 4.85. The molecule has 0 fully saturated rings. The molecule has 1 amide bonds. The molecule has 2 aliphatic heterocycles. The van der Waals surface area contributed by atoms with Gasteiger partial charge in [-0.05, 0) is 29.4 Å². The number of carbonyl (C=O) groups excluding carboxylic acids is 1. The molecule has 0 spiro atoms. The van der Waals surface area contributed by atoms with Crippen LogP contribution in [0, 0.1) is 0 Å². The molecule has 2 N–H and O–H groups in total. The maximum atomic E-state index is 12.5. The first kappa shape index (κ1) is 16.5. The Labute approximate surface area is 146 Å². The first-order chi connectivity index (χ1) is 11.5. The van der Waals surface area contributed by atoms with Crippen LogP contribution in [0.4, 0.5) is 0 Å². The number of nitrogens with zero attached hydrogens (tertiary/aromatic N) is 3. The molecule has 126 valence electrons. The topological polar surface area (TPSA) is 71.3 Å². The van der Waals surface area contributed by atoms with Crippen LogP contribution in [0.15, 0.2) is 51.9 Å². The summed E-state index contributed by atoms with van der Waals surface area (Å²) in [6.45, 7) is 3.11. The molecule has 3 rings (SSSR count). The summed E-state index contributed by atoms with van der Waals surface area (Å²) >= 11 is 6.10. The van der Waals surface area contributed by atoms with Crippen molar-refractivity contribution in [2.24, 2.45) is 12.0 Å². The summed E-state index contributed by atoms with van der Waals surface area (Å²) in [7, 11) is 1.88. The fourth-order valence-electron chi connectivity index (χ4n) is 2.61. The van der Waals surface area contributed by atoms with Crippen molar-refractivity contribution in [3.8, 4) is 0 Å². The number of hydrogen-bond donors (Lipinski definition) is 2. The monoisotopic (exact) mass is 345 g/mol. The SMILES string of the molecule is CC(CNC(=O)C1=C/C2=C/C(Cl)=CCN=C(C2)N1)c1cnn(C)c1. The van der Waals surface area contributed by atoms with Crippen LogP contribution in [-0.4, -0.2) is 34.6 Å². The van der Waals surface area contributed by atoms with Crippen molar-refractivity contribution in [2.45, 2.75) is 19.3 Å². The molecule has 24 heavy (non-hydrogen) atoms. The van der Waals surface area contributed by atoms with Crippen LogP contribution in [-0.2, 0) is 11.8 Å². The molecule has 0 radical (unpaired) electrons. The van der Waals surface area contributed by atoms with Gasteiger partial charge in [0.1, 0.15) is 11.5 Å². The Morgan fingerprint density at radius 1 is 1.50 bits per heavy atom. The summed E-state index contributed by atoms with van der Waals surface area (Å²) in [4.78, 5) is 16.9. The fourth-order valence-corrected chi connectivity index (χ4v) is 2.82. The summed E-state index contributed by atoms with van der Waals surface area (Å²) in [6.07, 6.45) is 9.98. The van der Waals surface area contributed by atoms with Crippen LogP contribution in [0.25, 0.3) is 0 Å². The normalized spacial score (nSPS) is 20.3. The average Bonchev–Trinajstić information content (AvgIpc) is 2.97. The lowest BCUT2D eigenvalue weighted by atomic mass is 10.0. The Hall–Kier alpha value is -2.34. The van der Waals surface area contributed by atoms with Gasteiger partial charge in [0.05, 0.1) is 12.7 Å². The van der Waals surface area contributed by atoms with E-state index in [4.69, 9.17) is 11.6 Å². The van der Waals surface area contributed by atoms with Crippen molar-refractivity contribution in [1.82, 2.24) is 20.4 Å². The van der Waals surface area contributed by atoms with E-state index in [1.165, 1.54) is 0 Å². The molecule has 1 unspecified atom stereocenters. The van der Waals surface area contributed by atoms with Gasteiger partial charge in [-0.3, -0.25) is 14.5 Å². The predicted molar refractivity (Wildman–Crippen MR) is 94.8 cm³/mol. The Bertz CT molecular complexity index is 772. The van der Waals surface area contributed by atoms with Gasteiger partial charge in [0, 0.05) is 37.2 Å². The number of carbonyl (C=O) groups is 1. The highest BCUT2D eigenvalue weighted by Crippen LogP contribution is 2.20. The van der Waals surface area contributed by atoms with Gasteiger partial charge in [-0.2, -0.15) is 5.10 Å². The van der Waals surface area contributed by atoms with Crippen LogP contribution in [0.1, 0.15) is 24.8 Å². The van der Waals surface area contributed by atoms with E-state index in [1.54, 1.807) is 4.68 Å². The van der Waals surface area contributed by atoms with Crippen molar-refractivity contribution in [1.29, 1.82) is 0 Å². The second-order valence-corrected chi connectivity index (χ2v) is 6.45. The molecule has 1 atom stereocenters. The molecule has 0 aliphatic carbocycles. The zero-order valence-electron chi connectivity index (χ0n) is 13.7. The lowest BCUT2D eigenvalue weighted by Gasteiger charge is -2.21. The molecule has 0 saturated heterocycles. The van der Waals surface area contributed by atoms with Gasteiger partial charge in [0.25, 0.3) is 5.91 Å². The Balaban J connectivity index is 1.67. The van der Waals surface area contributed by atoms with Crippen molar-refractivity contribution < 1.29 is 4.79 Å². The summed E-state index contributed by atoms with van der Waals surface area (Å²) in [5.74, 6) is 0.825. The van der Waals surface area contributed by atoms with Crippen LogP contribution in [0.3, 0.4) is 0 Å². The minimum atomic E-state index is -0.148. The van der Waals surface area contributed by atoms with Gasteiger partial charge >= 0.3 is 0 Å². The third kappa shape index (κ3) is 3.94. The van der Waals surface area contributed by atoms with Crippen molar-refractivity contribution in [2.75, 3.05) is 13.1 Å². The smallest absolute Gasteiger partial charge is 0.267 e. The van der Waals surface area contributed by atoms with E-state index in [2.05, 4.69) is 27.6 Å². The average molecular weight is 346 g/mol. The van der Waals surface area contributed by atoms with Crippen LogP contribution in [0.5, 0.6) is 0 Å². The van der Waals surface area contributed by atoms with Gasteiger partial charge in [-0.15, -0.1) is 0 Å². The number of allylic oxidation sites excluding steroid dienone is 3. The van der Waals surface area contributed by atoms with Crippen LogP contribution >= 0.6 is 11.6 Å². The standard InChI is InChI=1S/C17H20ClN5O/c1-11(13-9-21-23(2)10-13)8-20-17(24)15-6-12-5-14(18)3-4-19-16(7-12)22-15/h3,5-6,9-11H,4,7-8H2,1-2H3,(H,19,22)(H,20,24)/b12-5-,14-3?. The predicted octanol–water partition coefficient (Wildman–Crippen LogP) is 1.98. The van der Waals surface area contributed by atoms with E-state index in [0.29, 0.717) is 30.2 Å². The molecule has 1 aromatic rings. The highest BCUT2D eigenvalue weighted by molar-refractivity contribution is 6.31. The van der Waals surface area contributed by atoms with E-state index in [9.17, 15) is 4.79 Å². The summed E-state index contributed by atoms with van der Waals surface area (Å²) in [5, 5.41) is 10.9. The van der Waals surface area contributed by atoms with Crippen LogP contribution < -0.4 is 10.6 Å². The molecule has 3 heterocycles.